The molecule has 3 rings (SSSR count). The van der Waals surface area contributed by atoms with Crippen LogP contribution in [0.3, 0.4) is 0 Å². The van der Waals surface area contributed by atoms with Gasteiger partial charge in [0.15, 0.2) is 12.2 Å². The van der Waals surface area contributed by atoms with Crippen LogP contribution in [0.2, 0.25) is 0 Å². The minimum atomic E-state index is -0.832. The summed E-state index contributed by atoms with van der Waals surface area (Å²) in [5, 5.41) is 0. The largest absolute Gasteiger partial charge is 0.484 e. The molecule has 1 aromatic heterocycles. The number of aryl methyl sites for hydroxylation is 1. The van der Waals surface area contributed by atoms with Crippen LogP contribution in [-0.2, 0) is 16.1 Å². The second kappa shape index (κ2) is 8.43. The first-order valence-corrected chi connectivity index (χ1v) is 8.66. The van der Waals surface area contributed by atoms with Crippen LogP contribution in [0.5, 0.6) is 5.75 Å². The molecule has 8 nitrogen and oxygen atoms in total. The Hall–Kier alpha value is -3.55. The third-order valence-electron chi connectivity index (χ3n) is 3.92. The van der Waals surface area contributed by atoms with Gasteiger partial charge in [-0.05, 0) is 49.7 Å². The maximum Gasteiger partial charge on any atom is 0.424 e. The molecular formula is C20H20N2O6. The number of fused-ring (bicyclic) bond motifs is 1. The number of benzene rings is 2. The number of aromatic nitrogens is 1. The first kappa shape index (κ1) is 19.2. The summed E-state index contributed by atoms with van der Waals surface area (Å²) < 4.78 is 21.0. The molecule has 3 aromatic rings. The maximum atomic E-state index is 12.1. The number of amides is 2. The van der Waals surface area contributed by atoms with Gasteiger partial charge in [0.1, 0.15) is 11.3 Å². The molecule has 28 heavy (non-hydrogen) atoms. The smallest absolute Gasteiger partial charge is 0.424 e. The number of hydrogen-bond donors (Lipinski definition) is 0. The molecule has 0 atom stereocenters. The van der Waals surface area contributed by atoms with E-state index in [1.54, 1.807) is 32.0 Å². The molecule has 0 fully saturated rings. The number of carbonyl (C=O) groups is 2. The molecule has 0 bridgehead atoms. The fraction of sp³-hybridized carbons (Fsp3) is 0.250. The van der Waals surface area contributed by atoms with Crippen molar-refractivity contribution in [2.45, 2.75) is 20.5 Å². The van der Waals surface area contributed by atoms with Crippen molar-refractivity contribution in [2.24, 2.45) is 0 Å². The third kappa shape index (κ3) is 4.06. The second-order valence-corrected chi connectivity index (χ2v) is 5.82. The lowest BCUT2D eigenvalue weighted by Gasteiger charge is -2.20. The molecule has 2 amide bonds. The summed E-state index contributed by atoms with van der Waals surface area (Å²) in [5.74, 6) is 0.989. The number of rotatable bonds is 5. The van der Waals surface area contributed by atoms with E-state index in [0.717, 1.165) is 10.4 Å². The van der Waals surface area contributed by atoms with Gasteiger partial charge in [-0.2, -0.15) is 4.90 Å². The number of ether oxygens (including phenoxy) is 3. The van der Waals surface area contributed by atoms with E-state index in [2.05, 4.69) is 9.72 Å². The van der Waals surface area contributed by atoms with E-state index >= 15 is 0 Å². The molecule has 0 aliphatic carbocycles. The van der Waals surface area contributed by atoms with Crippen molar-refractivity contribution in [2.75, 3.05) is 18.6 Å². The van der Waals surface area contributed by atoms with Gasteiger partial charge >= 0.3 is 12.2 Å². The average molecular weight is 384 g/mol. The van der Waals surface area contributed by atoms with Crippen LogP contribution in [0.15, 0.2) is 46.9 Å². The fourth-order valence-electron chi connectivity index (χ4n) is 2.65. The van der Waals surface area contributed by atoms with Crippen molar-refractivity contribution in [3.8, 4) is 5.75 Å². The standard InChI is InChI=1S/C20H20N2O6/c1-4-26-20(24)22(19(23)25-3)16-10-9-14(11-13(16)2)27-12-18-21-15-7-5-6-8-17(15)28-18/h5-11H,4,12H2,1-3H3. The van der Waals surface area contributed by atoms with Crippen LogP contribution in [0.4, 0.5) is 15.3 Å². The van der Waals surface area contributed by atoms with Gasteiger partial charge in [0.2, 0.25) is 5.89 Å². The van der Waals surface area contributed by atoms with E-state index < -0.39 is 12.2 Å². The molecule has 0 aliphatic heterocycles. The molecular weight excluding hydrogens is 364 g/mol. The Balaban J connectivity index is 1.76. The first-order valence-electron chi connectivity index (χ1n) is 8.66. The number of para-hydroxylation sites is 2. The van der Waals surface area contributed by atoms with E-state index in [-0.39, 0.29) is 13.2 Å². The molecule has 0 aliphatic rings. The fourth-order valence-corrected chi connectivity index (χ4v) is 2.65. The Bertz CT molecular complexity index is 964. The van der Waals surface area contributed by atoms with Gasteiger partial charge in [-0.15, -0.1) is 0 Å². The molecule has 146 valence electrons. The monoisotopic (exact) mass is 384 g/mol. The van der Waals surface area contributed by atoms with Crippen LogP contribution in [0.1, 0.15) is 18.4 Å². The van der Waals surface area contributed by atoms with E-state index in [1.165, 1.54) is 7.11 Å². The van der Waals surface area contributed by atoms with Crippen molar-refractivity contribution in [3.63, 3.8) is 0 Å². The highest BCUT2D eigenvalue weighted by Gasteiger charge is 2.27. The highest BCUT2D eigenvalue weighted by Crippen LogP contribution is 2.27. The van der Waals surface area contributed by atoms with Crippen LogP contribution < -0.4 is 9.64 Å². The predicted molar refractivity (Wildman–Crippen MR) is 101 cm³/mol. The Morgan fingerprint density at radius 1 is 1.14 bits per heavy atom. The minimum Gasteiger partial charge on any atom is -0.484 e. The van der Waals surface area contributed by atoms with Crippen molar-refractivity contribution < 1.29 is 28.2 Å². The number of hydrogen-bond acceptors (Lipinski definition) is 7. The first-order chi connectivity index (χ1) is 13.5. The Kier molecular flexibility index (Phi) is 5.78. The number of oxazole rings is 1. The van der Waals surface area contributed by atoms with Crippen molar-refractivity contribution in [3.05, 3.63) is 53.9 Å². The zero-order valence-electron chi connectivity index (χ0n) is 15.8. The number of carbonyl (C=O) groups excluding carboxylic acids is 2. The number of imide groups is 1. The molecule has 0 N–H and O–H groups in total. The maximum absolute atomic E-state index is 12.1. The predicted octanol–water partition coefficient (Wildman–Crippen LogP) is 4.44. The van der Waals surface area contributed by atoms with Crippen molar-refractivity contribution in [1.29, 1.82) is 0 Å². The molecule has 0 saturated carbocycles. The number of nitrogens with zero attached hydrogens (tertiary/aromatic N) is 2. The molecule has 8 heteroatoms. The Labute approximate surface area is 161 Å². The van der Waals surface area contributed by atoms with Gasteiger partial charge in [0.05, 0.1) is 19.4 Å². The molecule has 0 saturated heterocycles. The highest BCUT2D eigenvalue weighted by molar-refractivity contribution is 6.09. The molecule has 0 radical (unpaired) electrons. The lowest BCUT2D eigenvalue weighted by Crippen LogP contribution is -2.37. The SMILES string of the molecule is CCOC(=O)N(C(=O)OC)c1ccc(OCc2nc3ccccc3o2)cc1C. The zero-order valence-corrected chi connectivity index (χ0v) is 15.8. The number of anilines is 1. The zero-order chi connectivity index (χ0) is 20.1. The van der Waals surface area contributed by atoms with Gasteiger partial charge in [0, 0.05) is 0 Å². The van der Waals surface area contributed by atoms with Gasteiger partial charge in [-0.25, -0.2) is 14.6 Å². The summed E-state index contributed by atoms with van der Waals surface area (Å²) >= 11 is 0. The van der Waals surface area contributed by atoms with Crippen LogP contribution in [0.25, 0.3) is 11.1 Å². The quantitative estimate of drug-likeness (QED) is 0.642. The third-order valence-corrected chi connectivity index (χ3v) is 3.92. The molecule has 0 spiro atoms. The van der Waals surface area contributed by atoms with Gasteiger partial charge in [-0.3, -0.25) is 0 Å². The molecule has 1 heterocycles. The normalized spacial score (nSPS) is 10.5. The lowest BCUT2D eigenvalue weighted by molar-refractivity contribution is 0.148. The topological polar surface area (TPSA) is 91.1 Å². The summed E-state index contributed by atoms with van der Waals surface area (Å²) in [7, 11) is 1.20. The Morgan fingerprint density at radius 2 is 1.93 bits per heavy atom. The summed E-state index contributed by atoms with van der Waals surface area (Å²) in [6, 6.07) is 12.4. The van der Waals surface area contributed by atoms with Crippen LogP contribution in [0, 0.1) is 6.92 Å². The lowest BCUT2D eigenvalue weighted by atomic mass is 10.2. The van der Waals surface area contributed by atoms with E-state index in [0.29, 0.717) is 28.5 Å². The van der Waals surface area contributed by atoms with Gasteiger partial charge < -0.3 is 18.6 Å². The molecule has 2 aromatic carbocycles. The summed E-state index contributed by atoms with van der Waals surface area (Å²) in [4.78, 5) is 29.3. The Morgan fingerprint density at radius 3 is 2.61 bits per heavy atom. The molecule has 0 unspecified atom stereocenters. The van der Waals surface area contributed by atoms with E-state index in [9.17, 15) is 9.59 Å². The second-order valence-electron chi connectivity index (χ2n) is 5.82. The minimum absolute atomic E-state index is 0.136. The van der Waals surface area contributed by atoms with Crippen LogP contribution in [-0.4, -0.2) is 30.9 Å². The van der Waals surface area contributed by atoms with E-state index in [1.807, 2.05) is 24.3 Å². The average Bonchev–Trinajstić information content (AvgIpc) is 3.11. The summed E-state index contributed by atoms with van der Waals surface area (Å²) in [5.41, 5.74) is 2.43. The van der Waals surface area contributed by atoms with Gasteiger partial charge in [-0.1, -0.05) is 12.1 Å². The van der Waals surface area contributed by atoms with Gasteiger partial charge in [0.25, 0.3) is 0 Å². The number of methoxy groups -OCH3 is 1. The van der Waals surface area contributed by atoms with Crippen LogP contribution >= 0.6 is 0 Å². The highest BCUT2D eigenvalue weighted by atomic mass is 16.6. The van der Waals surface area contributed by atoms with Crippen molar-refractivity contribution >= 4 is 29.0 Å². The summed E-state index contributed by atoms with van der Waals surface area (Å²) in [6.45, 7) is 3.68. The van der Waals surface area contributed by atoms with Crippen molar-refractivity contribution in [1.82, 2.24) is 4.98 Å². The van der Waals surface area contributed by atoms with E-state index in [4.69, 9.17) is 13.9 Å². The summed E-state index contributed by atoms with van der Waals surface area (Å²) in [6.07, 6.45) is -1.64.